The number of rotatable bonds is 3. The highest BCUT2D eigenvalue weighted by atomic mass is 35.5. The van der Waals surface area contributed by atoms with Crippen LogP contribution in [-0.2, 0) is 16.2 Å². The van der Waals surface area contributed by atoms with Crippen molar-refractivity contribution in [2.75, 3.05) is 0 Å². The molecule has 0 radical (unpaired) electrons. The van der Waals surface area contributed by atoms with Gasteiger partial charge in [-0.05, 0) is 12.1 Å². The number of aromatic nitrogens is 1. The normalized spacial score (nSPS) is 9.69. The van der Waals surface area contributed by atoms with Gasteiger partial charge in [0.15, 0.2) is 0 Å². The number of hydrogen-bond acceptors (Lipinski definition) is 3. The van der Waals surface area contributed by atoms with Crippen LogP contribution in [0.3, 0.4) is 0 Å². The molecule has 0 saturated heterocycles. The van der Waals surface area contributed by atoms with Crippen LogP contribution >= 0.6 is 11.6 Å². The molecule has 0 aliphatic carbocycles. The monoisotopic (exact) mass is 200 g/mol. The van der Waals surface area contributed by atoms with Gasteiger partial charge in [-0.25, -0.2) is 5.48 Å². The van der Waals surface area contributed by atoms with Gasteiger partial charge in [-0.15, -0.1) is 0 Å². The van der Waals surface area contributed by atoms with Crippen LogP contribution in [0, 0.1) is 0 Å². The third-order valence-corrected chi connectivity index (χ3v) is 1.45. The molecule has 0 aromatic carbocycles. The van der Waals surface area contributed by atoms with Crippen LogP contribution in [0.15, 0.2) is 18.3 Å². The van der Waals surface area contributed by atoms with Crippen LogP contribution in [-0.4, -0.2) is 10.9 Å². The second-order valence-corrected chi connectivity index (χ2v) is 2.85. The first kappa shape index (κ1) is 9.95. The van der Waals surface area contributed by atoms with Gasteiger partial charge in [-0.1, -0.05) is 11.6 Å². The molecule has 0 spiro atoms. The van der Waals surface area contributed by atoms with E-state index in [2.05, 4.69) is 10.5 Å². The van der Waals surface area contributed by atoms with Gasteiger partial charge in [0.2, 0.25) is 5.91 Å². The fourth-order valence-electron chi connectivity index (χ4n) is 0.703. The van der Waals surface area contributed by atoms with Crippen LogP contribution in [0.4, 0.5) is 0 Å². The highest BCUT2D eigenvalue weighted by Crippen LogP contribution is 2.06. The average molecular weight is 201 g/mol. The molecule has 1 N–H and O–H groups in total. The van der Waals surface area contributed by atoms with E-state index >= 15 is 0 Å². The van der Waals surface area contributed by atoms with E-state index in [0.29, 0.717) is 10.7 Å². The van der Waals surface area contributed by atoms with Gasteiger partial charge in [0, 0.05) is 13.1 Å². The highest BCUT2D eigenvalue weighted by Gasteiger charge is 1.95. The molecule has 0 fully saturated rings. The summed E-state index contributed by atoms with van der Waals surface area (Å²) in [7, 11) is 0. The Hall–Kier alpha value is -1.13. The highest BCUT2D eigenvalue weighted by molar-refractivity contribution is 6.30. The molecule has 1 amide bonds. The summed E-state index contributed by atoms with van der Waals surface area (Å²) in [6.07, 6.45) is 1.52. The maximum Gasteiger partial charge on any atom is 0.240 e. The van der Waals surface area contributed by atoms with E-state index in [1.165, 1.54) is 13.1 Å². The lowest BCUT2D eigenvalue weighted by molar-refractivity contribution is -0.132. The molecule has 0 unspecified atom stereocenters. The van der Waals surface area contributed by atoms with Crippen LogP contribution in [0.2, 0.25) is 5.02 Å². The van der Waals surface area contributed by atoms with E-state index in [1.807, 2.05) is 0 Å². The van der Waals surface area contributed by atoms with Crippen molar-refractivity contribution in [1.82, 2.24) is 10.5 Å². The Morgan fingerprint density at radius 2 is 2.46 bits per heavy atom. The fraction of sp³-hybridized carbons (Fsp3) is 0.250. The number of amides is 1. The standard InChI is InChI=1S/C8H9ClN2O2/c1-6(12)11-13-5-8-3-2-7(9)4-10-8/h2-4H,5H2,1H3,(H,11,12). The van der Waals surface area contributed by atoms with Gasteiger partial charge >= 0.3 is 0 Å². The minimum Gasteiger partial charge on any atom is -0.273 e. The molecule has 1 rings (SSSR count). The van der Waals surface area contributed by atoms with E-state index < -0.39 is 0 Å². The first-order valence-corrected chi connectivity index (χ1v) is 4.05. The van der Waals surface area contributed by atoms with Gasteiger partial charge in [-0.2, -0.15) is 0 Å². The summed E-state index contributed by atoms with van der Waals surface area (Å²) in [5.41, 5.74) is 2.90. The molecule has 13 heavy (non-hydrogen) atoms. The number of hydroxylamine groups is 1. The topological polar surface area (TPSA) is 51.2 Å². The maximum atomic E-state index is 10.4. The van der Waals surface area contributed by atoms with Gasteiger partial charge in [0.05, 0.1) is 10.7 Å². The van der Waals surface area contributed by atoms with Crippen molar-refractivity contribution in [1.29, 1.82) is 0 Å². The van der Waals surface area contributed by atoms with Crippen LogP contribution < -0.4 is 5.48 Å². The van der Waals surface area contributed by atoms with Crippen molar-refractivity contribution < 1.29 is 9.63 Å². The van der Waals surface area contributed by atoms with E-state index in [4.69, 9.17) is 16.4 Å². The number of pyridine rings is 1. The summed E-state index contributed by atoms with van der Waals surface area (Å²) >= 11 is 5.62. The first-order valence-electron chi connectivity index (χ1n) is 3.67. The summed E-state index contributed by atoms with van der Waals surface area (Å²) in [6.45, 7) is 1.60. The van der Waals surface area contributed by atoms with Crippen LogP contribution in [0.5, 0.6) is 0 Å². The molecule has 0 bridgehead atoms. The molecule has 0 atom stereocenters. The number of halogens is 1. The lowest BCUT2D eigenvalue weighted by Gasteiger charge is -2.02. The Kier molecular flexibility index (Phi) is 3.67. The Labute approximate surface area is 80.8 Å². The Balaban J connectivity index is 2.37. The first-order chi connectivity index (χ1) is 6.18. The minimum atomic E-state index is -0.242. The summed E-state index contributed by atoms with van der Waals surface area (Å²) in [5.74, 6) is -0.242. The minimum absolute atomic E-state index is 0.233. The van der Waals surface area contributed by atoms with Crippen molar-refractivity contribution in [3.05, 3.63) is 29.0 Å². The van der Waals surface area contributed by atoms with Gasteiger partial charge in [-0.3, -0.25) is 14.6 Å². The van der Waals surface area contributed by atoms with Crippen molar-refractivity contribution in [3.8, 4) is 0 Å². The zero-order valence-corrected chi connectivity index (χ0v) is 7.84. The van der Waals surface area contributed by atoms with E-state index in [9.17, 15) is 4.79 Å². The average Bonchev–Trinajstić information content (AvgIpc) is 2.08. The lowest BCUT2D eigenvalue weighted by Crippen LogP contribution is -2.20. The second kappa shape index (κ2) is 4.79. The Morgan fingerprint density at radius 1 is 1.69 bits per heavy atom. The van der Waals surface area contributed by atoms with Gasteiger partial charge < -0.3 is 0 Å². The molecule has 0 aliphatic rings. The number of carbonyl (C=O) groups is 1. The van der Waals surface area contributed by atoms with Gasteiger partial charge in [0.25, 0.3) is 0 Å². The molecule has 1 aromatic rings. The van der Waals surface area contributed by atoms with E-state index in [-0.39, 0.29) is 12.5 Å². The molecule has 0 aliphatic heterocycles. The predicted octanol–water partition coefficient (Wildman–Crippen LogP) is 1.30. The number of nitrogens with zero attached hydrogens (tertiary/aromatic N) is 1. The number of hydrogen-bond donors (Lipinski definition) is 1. The third-order valence-electron chi connectivity index (χ3n) is 1.22. The van der Waals surface area contributed by atoms with Crippen molar-refractivity contribution >= 4 is 17.5 Å². The molecule has 5 heteroatoms. The summed E-state index contributed by atoms with van der Waals surface area (Å²) in [5, 5.41) is 0.572. The van der Waals surface area contributed by atoms with Gasteiger partial charge in [0.1, 0.15) is 6.61 Å². The van der Waals surface area contributed by atoms with Crippen molar-refractivity contribution in [2.45, 2.75) is 13.5 Å². The maximum absolute atomic E-state index is 10.4. The SMILES string of the molecule is CC(=O)NOCc1ccc(Cl)cn1. The predicted molar refractivity (Wildman–Crippen MR) is 47.9 cm³/mol. The van der Waals surface area contributed by atoms with Crippen molar-refractivity contribution in [2.24, 2.45) is 0 Å². The fourth-order valence-corrected chi connectivity index (χ4v) is 0.815. The molecule has 1 heterocycles. The third kappa shape index (κ3) is 3.87. The quantitative estimate of drug-likeness (QED) is 0.749. The zero-order chi connectivity index (χ0) is 9.68. The molecule has 1 aromatic heterocycles. The Bertz CT molecular complexity index is 287. The molecule has 4 nitrogen and oxygen atoms in total. The largest absolute Gasteiger partial charge is 0.273 e. The number of carbonyl (C=O) groups excluding carboxylic acids is 1. The van der Waals surface area contributed by atoms with Crippen LogP contribution in [0.25, 0.3) is 0 Å². The molecular formula is C8H9ClN2O2. The lowest BCUT2D eigenvalue weighted by atomic mass is 10.4. The second-order valence-electron chi connectivity index (χ2n) is 2.41. The molecule has 70 valence electrons. The molecule has 0 saturated carbocycles. The van der Waals surface area contributed by atoms with E-state index in [1.54, 1.807) is 12.1 Å². The number of nitrogens with one attached hydrogen (secondary N) is 1. The molecular weight excluding hydrogens is 192 g/mol. The van der Waals surface area contributed by atoms with E-state index in [0.717, 1.165) is 0 Å². The van der Waals surface area contributed by atoms with Crippen LogP contribution in [0.1, 0.15) is 12.6 Å². The summed E-state index contributed by atoms with van der Waals surface area (Å²) in [4.78, 5) is 19.2. The zero-order valence-electron chi connectivity index (χ0n) is 7.08. The Morgan fingerprint density at radius 3 is 3.00 bits per heavy atom. The van der Waals surface area contributed by atoms with Crippen molar-refractivity contribution in [3.63, 3.8) is 0 Å². The summed E-state index contributed by atoms with van der Waals surface area (Å²) in [6, 6.07) is 3.44. The smallest absolute Gasteiger partial charge is 0.240 e. The summed E-state index contributed by atoms with van der Waals surface area (Å²) < 4.78 is 0.